The highest BCUT2D eigenvalue weighted by Crippen LogP contribution is 2.21. The van der Waals surface area contributed by atoms with Gasteiger partial charge in [-0.05, 0) is 48.1 Å². The standard InChI is InChI=1S/C21H22N2OS/c1-15-10-11-16(2)19(13-15)23-21(24)20(17-7-4-3-5-8-17)22-14-18-9-6-12-25-18/h3-13,20,22H,14H2,1-2H3,(H,23,24). The van der Waals surface area contributed by atoms with Gasteiger partial charge in [-0.1, -0.05) is 48.5 Å². The molecule has 0 aliphatic heterocycles. The van der Waals surface area contributed by atoms with E-state index in [1.807, 2.05) is 67.8 Å². The Morgan fingerprint density at radius 1 is 1.04 bits per heavy atom. The van der Waals surface area contributed by atoms with Crippen molar-refractivity contribution in [3.8, 4) is 0 Å². The lowest BCUT2D eigenvalue weighted by Gasteiger charge is -2.19. The summed E-state index contributed by atoms with van der Waals surface area (Å²) in [4.78, 5) is 14.2. The zero-order valence-electron chi connectivity index (χ0n) is 14.5. The van der Waals surface area contributed by atoms with Crippen LogP contribution in [0.25, 0.3) is 0 Å². The van der Waals surface area contributed by atoms with Gasteiger partial charge in [-0.15, -0.1) is 11.3 Å². The first-order chi connectivity index (χ1) is 12.1. The summed E-state index contributed by atoms with van der Waals surface area (Å²) in [6, 6.07) is 19.6. The number of aryl methyl sites for hydroxylation is 2. The highest BCUT2D eigenvalue weighted by atomic mass is 32.1. The average Bonchev–Trinajstić information content (AvgIpc) is 3.13. The van der Waals surface area contributed by atoms with Crippen LogP contribution in [0.3, 0.4) is 0 Å². The molecule has 3 aromatic rings. The topological polar surface area (TPSA) is 41.1 Å². The van der Waals surface area contributed by atoms with E-state index < -0.39 is 6.04 Å². The van der Waals surface area contributed by atoms with Crippen molar-refractivity contribution in [2.24, 2.45) is 0 Å². The molecule has 0 radical (unpaired) electrons. The van der Waals surface area contributed by atoms with Gasteiger partial charge >= 0.3 is 0 Å². The molecule has 2 N–H and O–H groups in total. The van der Waals surface area contributed by atoms with E-state index in [1.54, 1.807) is 11.3 Å². The molecule has 3 nitrogen and oxygen atoms in total. The molecule has 3 rings (SSSR count). The van der Waals surface area contributed by atoms with Crippen LogP contribution in [0.15, 0.2) is 66.0 Å². The predicted octanol–water partition coefficient (Wildman–Crippen LogP) is 4.83. The van der Waals surface area contributed by atoms with Gasteiger partial charge in [-0.3, -0.25) is 10.1 Å². The molecule has 0 aliphatic rings. The number of carbonyl (C=O) groups excluding carboxylic acids is 1. The van der Waals surface area contributed by atoms with Crippen LogP contribution in [0, 0.1) is 13.8 Å². The lowest BCUT2D eigenvalue weighted by Crippen LogP contribution is -2.32. The van der Waals surface area contributed by atoms with Gasteiger partial charge in [0, 0.05) is 17.1 Å². The fraction of sp³-hybridized carbons (Fsp3) is 0.190. The van der Waals surface area contributed by atoms with Crippen LogP contribution in [-0.4, -0.2) is 5.91 Å². The van der Waals surface area contributed by atoms with Crippen LogP contribution in [-0.2, 0) is 11.3 Å². The molecule has 0 spiro atoms. The molecular weight excluding hydrogens is 328 g/mol. The van der Waals surface area contributed by atoms with Crippen molar-refractivity contribution < 1.29 is 4.79 Å². The van der Waals surface area contributed by atoms with Gasteiger partial charge in [0.1, 0.15) is 6.04 Å². The Balaban J connectivity index is 1.80. The summed E-state index contributed by atoms with van der Waals surface area (Å²) in [5.41, 5.74) is 4.01. The molecular formula is C21H22N2OS. The zero-order chi connectivity index (χ0) is 17.6. The summed E-state index contributed by atoms with van der Waals surface area (Å²) in [5.74, 6) is -0.0449. The van der Waals surface area contributed by atoms with Crippen LogP contribution in [0.1, 0.15) is 27.6 Å². The number of rotatable bonds is 6. The summed E-state index contributed by atoms with van der Waals surface area (Å²) in [5, 5.41) is 8.52. The van der Waals surface area contributed by atoms with E-state index in [4.69, 9.17) is 0 Å². The van der Waals surface area contributed by atoms with Crippen LogP contribution in [0.5, 0.6) is 0 Å². The molecule has 1 unspecified atom stereocenters. The summed E-state index contributed by atoms with van der Waals surface area (Å²) >= 11 is 1.69. The third-order valence-electron chi connectivity index (χ3n) is 4.11. The molecule has 1 atom stereocenters. The van der Waals surface area contributed by atoms with Crippen LogP contribution in [0.4, 0.5) is 5.69 Å². The number of hydrogen-bond donors (Lipinski definition) is 2. The van der Waals surface area contributed by atoms with Crippen molar-refractivity contribution in [2.75, 3.05) is 5.32 Å². The molecule has 25 heavy (non-hydrogen) atoms. The molecule has 1 aromatic heterocycles. The molecule has 0 bridgehead atoms. The summed E-state index contributed by atoms with van der Waals surface area (Å²) in [6.07, 6.45) is 0. The van der Waals surface area contributed by atoms with Gasteiger partial charge in [0.05, 0.1) is 0 Å². The lowest BCUT2D eigenvalue weighted by molar-refractivity contribution is -0.118. The number of amides is 1. The van der Waals surface area contributed by atoms with E-state index >= 15 is 0 Å². The number of nitrogens with one attached hydrogen (secondary N) is 2. The van der Waals surface area contributed by atoms with Crippen molar-refractivity contribution in [3.63, 3.8) is 0 Å². The Morgan fingerprint density at radius 3 is 2.56 bits per heavy atom. The summed E-state index contributed by atoms with van der Waals surface area (Å²) in [7, 11) is 0. The predicted molar refractivity (Wildman–Crippen MR) is 105 cm³/mol. The van der Waals surface area contributed by atoms with Crippen LogP contribution >= 0.6 is 11.3 Å². The molecule has 0 aliphatic carbocycles. The summed E-state index contributed by atoms with van der Waals surface area (Å²) in [6.45, 7) is 4.70. The molecule has 0 fully saturated rings. The lowest BCUT2D eigenvalue weighted by atomic mass is 10.1. The highest BCUT2D eigenvalue weighted by Gasteiger charge is 2.20. The average molecular weight is 350 g/mol. The highest BCUT2D eigenvalue weighted by molar-refractivity contribution is 7.09. The van der Waals surface area contributed by atoms with Crippen molar-refractivity contribution in [3.05, 3.63) is 87.6 Å². The third-order valence-corrected chi connectivity index (χ3v) is 4.98. The molecule has 1 heterocycles. The van der Waals surface area contributed by atoms with Crippen molar-refractivity contribution in [1.82, 2.24) is 5.32 Å². The first-order valence-corrected chi connectivity index (χ1v) is 9.20. The first-order valence-electron chi connectivity index (χ1n) is 8.32. The van der Waals surface area contributed by atoms with E-state index in [2.05, 4.69) is 22.8 Å². The molecule has 0 saturated carbocycles. The molecule has 2 aromatic carbocycles. The second-order valence-electron chi connectivity index (χ2n) is 6.11. The van der Waals surface area contributed by atoms with Gasteiger partial charge in [0.2, 0.25) is 5.91 Å². The van der Waals surface area contributed by atoms with Gasteiger partial charge in [0.25, 0.3) is 0 Å². The van der Waals surface area contributed by atoms with Crippen molar-refractivity contribution in [1.29, 1.82) is 0 Å². The van der Waals surface area contributed by atoms with Crippen LogP contribution < -0.4 is 10.6 Å². The van der Waals surface area contributed by atoms with E-state index in [-0.39, 0.29) is 5.91 Å². The Bertz CT molecular complexity index is 828. The van der Waals surface area contributed by atoms with Gasteiger partial charge in [-0.25, -0.2) is 0 Å². The van der Waals surface area contributed by atoms with Crippen LogP contribution in [0.2, 0.25) is 0 Å². The largest absolute Gasteiger partial charge is 0.324 e. The minimum absolute atomic E-state index is 0.0449. The first kappa shape index (κ1) is 17.4. The molecule has 4 heteroatoms. The third kappa shape index (κ3) is 4.56. The molecule has 0 saturated heterocycles. The van der Waals surface area contributed by atoms with Crippen molar-refractivity contribution in [2.45, 2.75) is 26.4 Å². The maximum absolute atomic E-state index is 13.0. The van der Waals surface area contributed by atoms with E-state index in [0.29, 0.717) is 6.54 Å². The number of benzene rings is 2. The van der Waals surface area contributed by atoms with Gasteiger partial charge in [0.15, 0.2) is 0 Å². The minimum Gasteiger partial charge on any atom is -0.324 e. The fourth-order valence-corrected chi connectivity index (χ4v) is 3.35. The van der Waals surface area contributed by atoms with Gasteiger partial charge in [-0.2, -0.15) is 0 Å². The van der Waals surface area contributed by atoms with E-state index in [9.17, 15) is 4.79 Å². The number of thiophene rings is 1. The molecule has 1 amide bonds. The fourth-order valence-electron chi connectivity index (χ4n) is 2.70. The number of hydrogen-bond acceptors (Lipinski definition) is 3. The Labute approximate surface area is 152 Å². The second-order valence-corrected chi connectivity index (χ2v) is 7.14. The normalized spacial score (nSPS) is 11.9. The maximum atomic E-state index is 13.0. The monoisotopic (exact) mass is 350 g/mol. The smallest absolute Gasteiger partial charge is 0.246 e. The van der Waals surface area contributed by atoms with E-state index in [1.165, 1.54) is 4.88 Å². The Kier molecular flexibility index (Phi) is 5.64. The number of carbonyl (C=O) groups is 1. The molecule has 128 valence electrons. The number of anilines is 1. The SMILES string of the molecule is Cc1ccc(C)c(NC(=O)C(NCc2cccs2)c2ccccc2)c1. The maximum Gasteiger partial charge on any atom is 0.246 e. The Hall–Kier alpha value is -2.43. The van der Waals surface area contributed by atoms with E-state index in [0.717, 1.165) is 22.4 Å². The quantitative estimate of drug-likeness (QED) is 0.668. The van der Waals surface area contributed by atoms with Gasteiger partial charge < -0.3 is 5.32 Å². The zero-order valence-corrected chi connectivity index (χ0v) is 15.3. The Morgan fingerprint density at radius 2 is 1.84 bits per heavy atom. The minimum atomic E-state index is -0.400. The summed E-state index contributed by atoms with van der Waals surface area (Å²) < 4.78 is 0. The second kappa shape index (κ2) is 8.10. The van der Waals surface area contributed by atoms with Crippen molar-refractivity contribution >= 4 is 22.9 Å².